The number of H-pyrrole nitrogens is 1. The molecule has 0 atom stereocenters. The number of rotatable bonds is 6. The highest BCUT2D eigenvalue weighted by Crippen LogP contribution is 2.29. The van der Waals surface area contributed by atoms with Crippen LogP contribution in [0.2, 0.25) is 5.28 Å². The summed E-state index contributed by atoms with van der Waals surface area (Å²) in [4.78, 5) is 27.3. The maximum Gasteiger partial charge on any atom is 0.335 e. The SMILES string of the molecule is COOCc1nc(Cl)nc(Nc2cc(C)[nH]n2)c1[N+](=O)[O-]. The number of aryl methyl sites for hydroxylation is 1. The Kier molecular flexibility index (Phi) is 4.62. The Bertz CT molecular complexity index is 661. The van der Waals surface area contributed by atoms with Crippen molar-refractivity contribution in [3.8, 4) is 0 Å². The number of hydrogen-bond acceptors (Lipinski definition) is 8. The van der Waals surface area contributed by atoms with E-state index in [0.29, 0.717) is 5.82 Å². The van der Waals surface area contributed by atoms with Crippen LogP contribution in [0.15, 0.2) is 6.07 Å². The molecule has 0 unspecified atom stereocenters. The van der Waals surface area contributed by atoms with Gasteiger partial charge in [-0.15, -0.1) is 0 Å². The summed E-state index contributed by atoms with van der Waals surface area (Å²) in [6, 6.07) is 1.66. The molecule has 2 N–H and O–H groups in total. The summed E-state index contributed by atoms with van der Waals surface area (Å²) >= 11 is 5.77. The molecule has 0 spiro atoms. The average molecular weight is 315 g/mol. The van der Waals surface area contributed by atoms with E-state index in [1.807, 2.05) is 0 Å². The largest absolute Gasteiger partial charge is 0.335 e. The van der Waals surface area contributed by atoms with Gasteiger partial charge in [-0.2, -0.15) is 10.1 Å². The number of aromatic amines is 1. The fourth-order valence-corrected chi connectivity index (χ4v) is 1.76. The van der Waals surface area contributed by atoms with Crippen molar-refractivity contribution < 1.29 is 14.7 Å². The van der Waals surface area contributed by atoms with Crippen LogP contribution < -0.4 is 5.32 Å². The van der Waals surface area contributed by atoms with E-state index >= 15 is 0 Å². The third kappa shape index (κ3) is 3.62. The maximum atomic E-state index is 11.2. The molecule has 0 bridgehead atoms. The van der Waals surface area contributed by atoms with E-state index in [1.54, 1.807) is 13.0 Å². The Balaban J connectivity index is 2.42. The molecular weight excluding hydrogens is 304 g/mol. The molecule has 0 saturated carbocycles. The Hall–Kier alpha value is -2.30. The number of aromatic nitrogens is 4. The predicted molar refractivity (Wildman–Crippen MR) is 72.1 cm³/mol. The first-order valence-electron chi connectivity index (χ1n) is 5.66. The number of nitrogens with one attached hydrogen (secondary N) is 2. The summed E-state index contributed by atoms with van der Waals surface area (Å²) in [5, 5.41) is 20.4. The molecule has 2 heterocycles. The van der Waals surface area contributed by atoms with Gasteiger partial charge in [0.2, 0.25) is 11.1 Å². The summed E-state index contributed by atoms with van der Waals surface area (Å²) in [7, 11) is 1.28. The summed E-state index contributed by atoms with van der Waals surface area (Å²) in [5.41, 5.74) is 0.400. The highest BCUT2D eigenvalue weighted by Gasteiger charge is 2.25. The second-order valence-corrected chi connectivity index (χ2v) is 4.22. The van der Waals surface area contributed by atoms with Crippen LogP contribution in [-0.4, -0.2) is 32.2 Å². The zero-order valence-electron chi connectivity index (χ0n) is 11.1. The molecule has 112 valence electrons. The molecule has 10 nitrogen and oxygen atoms in total. The summed E-state index contributed by atoms with van der Waals surface area (Å²) in [5.74, 6) is 0.283. The minimum atomic E-state index is -0.632. The lowest BCUT2D eigenvalue weighted by molar-refractivity contribution is -0.386. The van der Waals surface area contributed by atoms with Crippen LogP contribution >= 0.6 is 11.6 Å². The zero-order chi connectivity index (χ0) is 15.4. The molecular formula is C10H11ClN6O4. The molecule has 0 aliphatic carbocycles. The van der Waals surface area contributed by atoms with Gasteiger partial charge in [0.15, 0.2) is 11.5 Å². The van der Waals surface area contributed by atoms with Gasteiger partial charge in [-0.05, 0) is 18.5 Å². The summed E-state index contributed by atoms with van der Waals surface area (Å²) < 4.78 is 0. The molecule has 0 amide bonds. The maximum absolute atomic E-state index is 11.2. The normalized spacial score (nSPS) is 10.6. The monoisotopic (exact) mass is 314 g/mol. The first kappa shape index (κ1) is 15.1. The minimum absolute atomic E-state index is 0.0170. The summed E-state index contributed by atoms with van der Waals surface area (Å²) in [6.45, 7) is 1.54. The molecule has 0 radical (unpaired) electrons. The van der Waals surface area contributed by atoms with Crippen molar-refractivity contribution in [2.45, 2.75) is 13.5 Å². The standard InChI is InChI=1S/C10H11ClN6O4/c1-5-3-7(16-15-5)13-9-8(17(18)19)6(4-21-20-2)12-10(11)14-9/h3H,4H2,1-2H3,(H2,12,13,14,15,16). The van der Waals surface area contributed by atoms with Crippen molar-refractivity contribution in [3.63, 3.8) is 0 Å². The number of hydrogen-bond donors (Lipinski definition) is 2. The van der Waals surface area contributed by atoms with Gasteiger partial charge in [-0.1, -0.05) is 0 Å². The van der Waals surface area contributed by atoms with Crippen LogP contribution in [0.5, 0.6) is 0 Å². The minimum Gasteiger partial charge on any atom is -0.318 e. The molecule has 11 heteroatoms. The molecule has 0 aromatic carbocycles. The van der Waals surface area contributed by atoms with Crippen LogP contribution in [0.1, 0.15) is 11.4 Å². The highest BCUT2D eigenvalue weighted by atomic mass is 35.5. The van der Waals surface area contributed by atoms with Gasteiger partial charge in [0, 0.05) is 11.8 Å². The third-order valence-corrected chi connectivity index (χ3v) is 2.55. The molecule has 21 heavy (non-hydrogen) atoms. The van der Waals surface area contributed by atoms with E-state index in [2.05, 4.69) is 35.3 Å². The molecule has 2 rings (SSSR count). The van der Waals surface area contributed by atoms with Crippen molar-refractivity contribution in [1.29, 1.82) is 0 Å². The predicted octanol–water partition coefficient (Wildman–Crippen LogP) is 1.89. The number of nitrogens with zero attached hydrogens (tertiary/aromatic N) is 4. The van der Waals surface area contributed by atoms with Crippen molar-refractivity contribution in [3.05, 3.63) is 32.9 Å². The first-order valence-corrected chi connectivity index (χ1v) is 6.04. The van der Waals surface area contributed by atoms with Crippen LogP contribution in [0.25, 0.3) is 0 Å². The third-order valence-electron chi connectivity index (χ3n) is 2.38. The number of halogens is 1. The number of anilines is 2. The van der Waals surface area contributed by atoms with Gasteiger partial charge < -0.3 is 5.32 Å². The van der Waals surface area contributed by atoms with Crippen LogP contribution in [-0.2, 0) is 16.4 Å². The Morgan fingerprint density at radius 3 is 2.86 bits per heavy atom. The van der Waals surface area contributed by atoms with Gasteiger partial charge in [-0.25, -0.2) is 14.8 Å². The van der Waals surface area contributed by atoms with Gasteiger partial charge >= 0.3 is 5.69 Å². The van der Waals surface area contributed by atoms with E-state index < -0.39 is 4.92 Å². The lowest BCUT2D eigenvalue weighted by Gasteiger charge is -2.07. The van der Waals surface area contributed by atoms with Gasteiger partial charge in [-0.3, -0.25) is 15.2 Å². The quantitative estimate of drug-likeness (QED) is 0.358. The van der Waals surface area contributed by atoms with E-state index in [9.17, 15) is 10.1 Å². The topological polar surface area (TPSA) is 128 Å². The molecule has 0 aliphatic rings. The highest BCUT2D eigenvalue weighted by molar-refractivity contribution is 6.28. The van der Waals surface area contributed by atoms with Crippen molar-refractivity contribution in [1.82, 2.24) is 20.2 Å². The van der Waals surface area contributed by atoms with E-state index in [4.69, 9.17) is 11.6 Å². The smallest absolute Gasteiger partial charge is 0.318 e. The fourth-order valence-electron chi connectivity index (χ4n) is 1.57. The molecule has 2 aromatic heterocycles. The zero-order valence-corrected chi connectivity index (χ0v) is 11.8. The molecule has 0 fully saturated rings. The van der Waals surface area contributed by atoms with Crippen molar-refractivity contribution in [2.24, 2.45) is 0 Å². The Morgan fingerprint density at radius 2 is 2.29 bits per heavy atom. The molecule has 0 aliphatic heterocycles. The second kappa shape index (κ2) is 6.43. The second-order valence-electron chi connectivity index (χ2n) is 3.88. The summed E-state index contributed by atoms with van der Waals surface area (Å²) in [6.07, 6.45) is 0. The van der Waals surface area contributed by atoms with Gasteiger partial charge in [0.25, 0.3) is 0 Å². The van der Waals surface area contributed by atoms with Crippen molar-refractivity contribution >= 4 is 28.9 Å². The number of nitro groups is 1. The molecule has 0 saturated heterocycles. The van der Waals surface area contributed by atoms with Crippen LogP contribution in [0, 0.1) is 17.0 Å². The van der Waals surface area contributed by atoms with Crippen LogP contribution in [0.4, 0.5) is 17.3 Å². The van der Waals surface area contributed by atoms with E-state index in [0.717, 1.165) is 5.69 Å². The Labute approximate surface area is 123 Å². The van der Waals surface area contributed by atoms with E-state index in [-0.39, 0.29) is 29.1 Å². The van der Waals surface area contributed by atoms with E-state index in [1.165, 1.54) is 7.11 Å². The average Bonchev–Trinajstić information content (AvgIpc) is 2.80. The first-order chi connectivity index (χ1) is 10.0. The Morgan fingerprint density at radius 1 is 1.52 bits per heavy atom. The fraction of sp³-hybridized carbons (Fsp3) is 0.300. The van der Waals surface area contributed by atoms with Gasteiger partial charge in [0.1, 0.15) is 6.61 Å². The lowest BCUT2D eigenvalue weighted by Crippen LogP contribution is -2.08. The van der Waals surface area contributed by atoms with Crippen molar-refractivity contribution in [2.75, 3.05) is 12.4 Å². The lowest BCUT2D eigenvalue weighted by atomic mass is 10.3. The van der Waals surface area contributed by atoms with Gasteiger partial charge in [0.05, 0.1) is 12.0 Å². The van der Waals surface area contributed by atoms with Crippen LogP contribution in [0.3, 0.4) is 0 Å². The molecule has 2 aromatic rings.